The fraction of sp³-hybridized carbons (Fsp3) is 0.306. The Morgan fingerprint density at radius 1 is 0.557 bits per heavy atom. The van der Waals surface area contributed by atoms with Crippen molar-refractivity contribution >= 4 is 11.8 Å². The Bertz CT molecular complexity index is 2500. The van der Waals surface area contributed by atoms with Gasteiger partial charge in [-0.15, -0.1) is 0 Å². The van der Waals surface area contributed by atoms with Gasteiger partial charge in [0.15, 0.2) is 0 Å². The van der Waals surface area contributed by atoms with E-state index < -0.39 is 17.3 Å². The Hall–Kier alpha value is -6.30. The number of aromatic nitrogens is 4. The molecule has 0 saturated heterocycles. The minimum atomic E-state index is -4.42. The van der Waals surface area contributed by atoms with Crippen molar-refractivity contribution in [3.05, 3.63) is 144 Å². The van der Waals surface area contributed by atoms with Crippen LogP contribution in [0.15, 0.2) is 110 Å². The SMILES string of the molecule is CC(C)(C)NC(=O)c1cc(-c2ccc(C(F)(F)F)cc2)cc(-c2cncnc2C(C)(C)C)c1.CCc1ncncc1-c1cc(C(=O)NC(C)(C)C)cc(-c2ccc(F)cc2)c1. The Morgan fingerprint density at radius 2 is 0.984 bits per heavy atom. The first-order valence-electron chi connectivity index (χ1n) is 19.9. The van der Waals surface area contributed by atoms with Gasteiger partial charge in [0.2, 0.25) is 0 Å². The lowest BCUT2D eigenvalue weighted by Gasteiger charge is -2.23. The zero-order chi connectivity index (χ0) is 44.9. The van der Waals surface area contributed by atoms with Gasteiger partial charge in [0.1, 0.15) is 18.5 Å². The molecule has 2 N–H and O–H groups in total. The van der Waals surface area contributed by atoms with E-state index in [1.54, 1.807) is 36.7 Å². The summed E-state index contributed by atoms with van der Waals surface area (Å²) in [5.41, 5.74) is 6.96. The third-order valence-corrected chi connectivity index (χ3v) is 9.26. The molecule has 0 bridgehead atoms. The minimum Gasteiger partial charge on any atom is -0.347 e. The van der Waals surface area contributed by atoms with Crippen molar-refractivity contribution in [2.24, 2.45) is 0 Å². The molecular weight excluding hydrogens is 781 g/mol. The number of carbonyl (C=O) groups excluding carboxylic acids is 2. The summed E-state index contributed by atoms with van der Waals surface area (Å²) in [5.74, 6) is -0.727. The number of hydrogen-bond donors (Lipinski definition) is 2. The van der Waals surface area contributed by atoms with Crippen LogP contribution in [0.1, 0.15) is 107 Å². The summed E-state index contributed by atoms with van der Waals surface area (Å²) >= 11 is 0. The van der Waals surface area contributed by atoms with E-state index in [-0.39, 0.29) is 28.6 Å². The summed E-state index contributed by atoms with van der Waals surface area (Å²) in [6, 6.07) is 22.1. The molecule has 0 aliphatic carbocycles. The zero-order valence-corrected chi connectivity index (χ0v) is 36.2. The molecular formula is C49H52F4N6O2. The third kappa shape index (κ3) is 12.4. The Morgan fingerprint density at radius 3 is 1.43 bits per heavy atom. The quantitative estimate of drug-likeness (QED) is 0.155. The van der Waals surface area contributed by atoms with Crippen molar-refractivity contribution in [3.63, 3.8) is 0 Å². The summed E-state index contributed by atoms with van der Waals surface area (Å²) in [4.78, 5) is 43.0. The van der Waals surface area contributed by atoms with Gasteiger partial charge in [-0.3, -0.25) is 9.59 Å². The number of benzene rings is 4. The average molecular weight is 833 g/mol. The number of nitrogens with zero attached hydrogens (tertiary/aromatic N) is 4. The molecule has 6 aromatic rings. The molecule has 61 heavy (non-hydrogen) atoms. The summed E-state index contributed by atoms with van der Waals surface area (Å²) in [6.07, 6.45) is 2.81. The normalized spacial score (nSPS) is 12.0. The van der Waals surface area contributed by atoms with E-state index >= 15 is 0 Å². The predicted molar refractivity (Wildman–Crippen MR) is 233 cm³/mol. The van der Waals surface area contributed by atoms with Crippen LogP contribution < -0.4 is 10.6 Å². The number of aryl methyl sites for hydroxylation is 1. The van der Waals surface area contributed by atoms with Crippen LogP contribution in [0.25, 0.3) is 44.5 Å². The van der Waals surface area contributed by atoms with E-state index in [4.69, 9.17) is 0 Å². The molecule has 0 aliphatic heterocycles. The van der Waals surface area contributed by atoms with Crippen molar-refractivity contribution in [2.45, 2.75) is 98.3 Å². The van der Waals surface area contributed by atoms with Gasteiger partial charge in [-0.05, 0) is 142 Å². The average Bonchev–Trinajstić information content (AvgIpc) is 3.19. The first kappa shape index (κ1) is 45.8. The van der Waals surface area contributed by atoms with Crippen LogP contribution in [-0.4, -0.2) is 42.8 Å². The maximum absolute atomic E-state index is 13.4. The lowest BCUT2D eigenvalue weighted by atomic mass is 9.85. The Balaban J connectivity index is 0.000000234. The second-order valence-corrected chi connectivity index (χ2v) is 17.9. The minimum absolute atomic E-state index is 0.160. The predicted octanol–water partition coefficient (Wildman–Crippen LogP) is 11.7. The van der Waals surface area contributed by atoms with Crippen molar-refractivity contribution < 1.29 is 27.2 Å². The topological polar surface area (TPSA) is 110 Å². The lowest BCUT2D eigenvalue weighted by Crippen LogP contribution is -2.40. The maximum Gasteiger partial charge on any atom is 0.416 e. The number of rotatable bonds is 7. The van der Waals surface area contributed by atoms with Gasteiger partial charge >= 0.3 is 6.18 Å². The largest absolute Gasteiger partial charge is 0.416 e. The molecule has 8 nitrogen and oxygen atoms in total. The van der Waals surface area contributed by atoms with Crippen LogP contribution in [0.2, 0.25) is 0 Å². The first-order chi connectivity index (χ1) is 28.4. The van der Waals surface area contributed by atoms with Gasteiger partial charge in [-0.2, -0.15) is 13.2 Å². The third-order valence-electron chi connectivity index (χ3n) is 9.26. The summed E-state index contributed by atoms with van der Waals surface area (Å²) < 4.78 is 52.4. The van der Waals surface area contributed by atoms with Crippen LogP contribution in [0.3, 0.4) is 0 Å². The molecule has 0 radical (unpaired) electrons. The number of hydrogen-bond acceptors (Lipinski definition) is 6. The first-order valence-corrected chi connectivity index (χ1v) is 19.9. The van der Waals surface area contributed by atoms with E-state index in [0.717, 1.165) is 63.3 Å². The highest BCUT2D eigenvalue weighted by molar-refractivity contribution is 5.98. The second kappa shape index (κ2) is 18.1. The van der Waals surface area contributed by atoms with Crippen molar-refractivity contribution in [3.8, 4) is 44.5 Å². The molecule has 0 aliphatic rings. The summed E-state index contributed by atoms with van der Waals surface area (Å²) in [7, 11) is 0. The van der Waals surface area contributed by atoms with Gasteiger partial charge in [-0.1, -0.05) is 52.0 Å². The zero-order valence-electron chi connectivity index (χ0n) is 36.2. The molecule has 4 aromatic carbocycles. The van der Waals surface area contributed by atoms with E-state index in [1.807, 2.05) is 93.5 Å². The van der Waals surface area contributed by atoms with Crippen LogP contribution >= 0.6 is 0 Å². The van der Waals surface area contributed by atoms with Gasteiger partial charge in [-0.25, -0.2) is 24.3 Å². The second-order valence-electron chi connectivity index (χ2n) is 17.9. The molecule has 0 unspecified atom stereocenters. The van der Waals surface area contributed by atoms with Crippen molar-refractivity contribution in [2.75, 3.05) is 0 Å². The Kier molecular flexibility index (Phi) is 13.6. The van der Waals surface area contributed by atoms with Crippen LogP contribution in [-0.2, 0) is 18.0 Å². The molecule has 2 aromatic heterocycles. The number of amides is 2. The lowest BCUT2D eigenvalue weighted by molar-refractivity contribution is -0.137. The molecule has 0 spiro atoms. The van der Waals surface area contributed by atoms with Crippen molar-refractivity contribution in [1.82, 2.24) is 30.6 Å². The Labute approximate surface area is 355 Å². The highest BCUT2D eigenvalue weighted by Gasteiger charge is 2.30. The van der Waals surface area contributed by atoms with Gasteiger partial charge in [0, 0.05) is 51.1 Å². The van der Waals surface area contributed by atoms with E-state index in [2.05, 4.69) is 30.6 Å². The van der Waals surface area contributed by atoms with Crippen molar-refractivity contribution in [1.29, 1.82) is 0 Å². The molecule has 2 amide bonds. The molecule has 6 rings (SSSR count). The highest BCUT2D eigenvalue weighted by Crippen LogP contribution is 2.36. The fourth-order valence-electron chi connectivity index (χ4n) is 6.50. The standard InChI is InChI=1S/C26H28F3N3O.C23H24FN3O/c1-24(2,3)22-21(14-30-15-31-22)18-11-17(12-19(13-18)23(33)32-25(4,5)6)16-7-9-20(10-8-16)26(27,28)29;1-5-21-20(13-25-14-26-21)17-10-16(15-6-8-19(24)9-7-15)11-18(12-17)22(28)27-23(2,3)4/h7-15H,1-6H3,(H,32,33);6-14H,5H2,1-4H3,(H,27,28). The van der Waals surface area contributed by atoms with Gasteiger partial charge in [0.05, 0.1) is 17.0 Å². The molecule has 0 fully saturated rings. The van der Waals surface area contributed by atoms with Gasteiger partial charge in [0.25, 0.3) is 11.8 Å². The fourth-order valence-corrected chi connectivity index (χ4v) is 6.50. The van der Waals surface area contributed by atoms with E-state index in [1.165, 1.54) is 36.9 Å². The molecule has 0 atom stereocenters. The number of nitrogens with one attached hydrogen (secondary N) is 2. The number of halogens is 4. The molecule has 12 heteroatoms. The van der Waals surface area contributed by atoms with Crippen LogP contribution in [0.4, 0.5) is 17.6 Å². The highest BCUT2D eigenvalue weighted by atomic mass is 19.4. The van der Waals surface area contributed by atoms with E-state index in [0.29, 0.717) is 22.3 Å². The van der Waals surface area contributed by atoms with Crippen LogP contribution in [0.5, 0.6) is 0 Å². The monoisotopic (exact) mass is 832 g/mol. The van der Waals surface area contributed by atoms with Crippen LogP contribution in [0, 0.1) is 5.82 Å². The van der Waals surface area contributed by atoms with Gasteiger partial charge < -0.3 is 10.6 Å². The smallest absolute Gasteiger partial charge is 0.347 e. The summed E-state index contributed by atoms with van der Waals surface area (Å²) in [6.45, 7) is 19.6. The number of carbonyl (C=O) groups is 2. The molecule has 318 valence electrons. The number of alkyl halides is 3. The van der Waals surface area contributed by atoms with E-state index in [9.17, 15) is 27.2 Å². The molecule has 2 heterocycles. The maximum atomic E-state index is 13.4. The molecule has 0 saturated carbocycles. The summed E-state index contributed by atoms with van der Waals surface area (Å²) in [5, 5.41) is 5.95.